The molecule has 64 valence electrons. The summed E-state index contributed by atoms with van der Waals surface area (Å²) in [4.78, 5) is 0. The number of rotatable bonds is 1. The van der Waals surface area contributed by atoms with E-state index < -0.39 is 0 Å². The number of hydrogen-bond acceptors (Lipinski definition) is 2. The summed E-state index contributed by atoms with van der Waals surface area (Å²) in [7, 11) is 0. The van der Waals surface area contributed by atoms with Gasteiger partial charge in [0, 0.05) is 0 Å². The molecular weight excluding hydrogens is 150 g/mol. The minimum atomic E-state index is -0.216. The van der Waals surface area contributed by atoms with Crippen LogP contribution in [0.4, 0.5) is 0 Å². The molecule has 0 bridgehead atoms. The lowest BCUT2D eigenvalue weighted by Crippen LogP contribution is -2.54. The largest absolute Gasteiger partial charge is 0.377 e. The van der Waals surface area contributed by atoms with E-state index in [9.17, 15) is 0 Å². The van der Waals surface area contributed by atoms with Crippen LogP contribution in [-0.4, -0.2) is 13.2 Å². The monoisotopic (exact) mass is 163 g/mol. The van der Waals surface area contributed by atoms with Gasteiger partial charge in [0.05, 0.1) is 18.8 Å². The van der Waals surface area contributed by atoms with Crippen molar-refractivity contribution in [3.63, 3.8) is 0 Å². The first-order valence-electron chi connectivity index (χ1n) is 4.14. The Morgan fingerprint density at radius 1 is 1.42 bits per heavy atom. The molecule has 1 aromatic carbocycles. The molecule has 12 heavy (non-hydrogen) atoms. The summed E-state index contributed by atoms with van der Waals surface area (Å²) in [6, 6.07) is 8.31. The summed E-state index contributed by atoms with van der Waals surface area (Å²) in [5.41, 5.74) is 8.29. The zero-order valence-electron chi connectivity index (χ0n) is 7.21. The van der Waals surface area contributed by atoms with E-state index in [-0.39, 0.29) is 5.54 Å². The van der Waals surface area contributed by atoms with Gasteiger partial charge in [-0.05, 0) is 12.5 Å². The number of benzene rings is 1. The Kier molecular flexibility index (Phi) is 1.67. The zero-order valence-corrected chi connectivity index (χ0v) is 7.21. The molecular formula is C10H13NO. The highest BCUT2D eigenvalue weighted by atomic mass is 16.5. The Morgan fingerprint density at radius 3 is 2.67 bits per heavy atom. The molecule has 1 aliphatic heterocycles. The van der Waals surface area contributed by atoms with Gasteiger partial charge in [-0.2, -0.15) is 0 Å². The van der Waals surface area contributed by atoms with Crippen LogP contribution in [-0.2, 0) is 10.3 Å². The Bertz CT molecular complexity index is 292. The lowest BCUT2D eigenvalue weighted by atomic mass is 9.88. The predicted molar refractivity (Wildman–Crippen MR) is 47.9 cm³/mol. The number of ether oxygens (including phenoxy) is 1. The fraction of sp³-hybridized carbons (Fsp3) is 0.400. The van der Waals surface area contributed by atoms with Gasteiger partial charge in [0.1, 0.15) is 0 Å². The zero-order chi connectivity index (χ0) is 8.60. The van der Waals surface area contributed by atoms with Crippen LogP contribution >= 0.6 is 0 Å². The summed E-state index contributed by atoms with van der Waals surface area (Å²) in [6.07, 6.45) is 0. The van der Waals surface area contributed by atoms with Crippen molar-refractivity contribution in [2.75, 3.05) is 13.2 Å². The van der Waals surface area contributed by atoms with Crippen LogP contribution in [0.2, 0.25) is 0 Å². The van der Waals surface area contributed by atoms with E-state index in [1.165, 1.54) is 11.1 Å². The maximum atomic E-state index is 6.07. The van der Waals surface area contributed by atoms with Gasteiger partial charge in [-0.1, -0.05) is 29.8 Å². The van der Waals surface area contributed by atoms with Crippen molar-refractivity contribution in [3.8, 4) is 0 Å². The third kappa shape index (κ3) is 1.13. The fourth-order valence-electron chi connectivity index (χ4n) is 1.44. The van der Waals surface area contributed by atoms with E-state index in [0.29, 0.717) is 13.2 Å². The van der Waals surface area contributed by atoms with Crippen molar-refractivity contribution >= 4 is 0 Å². The molecule has 0 saturated carbocycles. The molecule has 2 nitrogen and oxygen atoms in total. The van der Waals surface area contributed by atoms with E-state index in [0.717, 1.165) is 0 Å². The topological polar surface area (TPSA) is 35.2 Å². The van der Waals surface area contributed by atoms with Crippen LogP contribution in [0.25, 0.3) is 0 Å². The molecule has 1 saturated heterocycles. The first kappa shape index (κ1) is 7.77. The number of aryl methyl sites for hydroxylation is 1. The second-order valence-corrected chi connectivity index (χ2v) is 3.52. The van der Waals surface area contributed by atoms with Gasteiger partial charge in [-0.3, -0.25) is 0 Å². The smallest absolute Gasteiger partial charge is 0.0883 e. The Labute approximate surface area is 72.3 Å². The molecule has 2 N–H and O–H groups in total. The normalized spacial score (nSPS) is 20.2. The van der Waals surface area contributed by atoms with Gasteiger partial charge < -0.3 is 10.5 Å². The molecule has 0 amide bonds. The molecule has 0 radical (unpaired) electrons. The van der Waals surface area contributed by atoms with Gasteiger partial charge in [0.2, 0.25) is 0 Å². The van der Waals surface area contributed by atoms with Gasteiger partial charge in [0.15, 0.2) is 0 Å². The highest BCUT2D eigenvalue weighted by Crippen LogP contribution is 2.26. The van der Waals surface area contributed by atoms with E-state index in [1.54, 1.807) is 0 Å². The van der Waals surface area contributed by atoms with Crippen molar-refractivity contribution in [1.29, 1.82) is 0 Å². The third-order valence-corrected chi connectivity index (χ3v) is 2.31. The standard InChI is InChI=1S/C10H13NO/c1-8-3-2-4-9(5-8)10(11)6-12-7-10/h2-5H,6-7,11H2,1H3. The first-order valence-corrected chi connectivity index (χ1v) is 4.14. The maximum Gasteiger partial charge on any atom is 0.0883 e. The molecule has 2 rings (SSSR count). The number of hydrogen-bond donors (Lipinski definition) is 1. The quantitative estimate of drug-likeness (QED) is 0.674. The Hall–Kier alpha value is -0.860. The average molecular weight is 163 g/mol. The highest BCUT2D eigenvalue weighted by Gasteiger charge is 2.35. The lowest BCUT2D eigenvalue weighted by molar-refractivity contribution is -0.0569. The molecule has 1 aromatic rings. The van der Waals surface area contributed by atoms with E-state index >= 15 is 0 Å². The summed E-state index contributed by atoms with van der Waals surface area (Å²) >= 11 is 0. The van der Waals surface area contributed by atoms with Gasteiger partial charge in [-0.15, -0.1) is 0 Å². The minimum absolute atomic E-state index is 0.216. The van der Waals surface area contributed by atoms with Crippen molar-refractivity contribution < 1.29 is 4.74 Å². The lowest BCUT2D eigenvalue weighted by Gasteiger charge is -2.38. The second-order valence-electron chi connectivity index (χ2n) is 3.52. The van der Waals surface area contributed by atoms with Crippen LogP contribution in [0.3, 0.4) is 0 Å². The predicted octanol–water partition coefficient (Wildman–Crippen LogP) is 1.18. The van der Waals surface area contributed by atoms with Gasteiger partial charge in [0.25, 0.3) is 0 Å². The number of nitrogens with two attached hydrogens (primary N) is 1. The van der Waals surface area contributed by atoms with Gasteiger partial charge in [-0.25, -0.2) is 0 Å². The minimum Gasteiger partial charge on any atom is -0.377 e. The molecule has 2 heteroatoms. The molecule has 0 atom stereocenters. The molecule has 0 spiro atoms. The Morgan fingerprint density at radius 2 is 2.17 bits per heavy atom. The summed E-state index contributed by atoms with van der Waals surface area (Å²) in [5, 5.41) is 0. The van der Waals surface area contributed by atoms with Crippen LogP contribution in [0.1, 0.15) is 11.1 Å². The second kappa shape index (κ2) is 2.57. The molecule has 0 aliphatic carbocycles. The molecule has 0 aromatic heterocycles. The Balaban J connectivity index is 2.33. The third-order valence-electron chi connectivity index (χ3n) is 2.31. The average Bonchev–Trinajstić information content (AvgIpc) is 2.00. The van der Waals surface area contributed by atoms with Crippen molar-refractivity contribution in [2.24, 2.45) is 5.73 Å². The summed E-state index contributed by atoms with van der Waals surface area (Å²) in [6.45, 7) is 3.37. The van der Waals surface area contributed by atoms with E-state index in [1.807, 2.05) is 6.07 Å². The van der Waals surface area contributed by atoms with Crippen LogP contribution in [0, 0.1) is 6.92 Å². The molecule has 1 aliphatic rings. The van der Waals surface area contributed by atoms with Crippen LogP contribution in [0.15, 0.2) is 24.3 Å². The summed E-state index contributed by atoms with van der Waals surface area (Å²) < 4.78 is 5.11. The van der Waals surface area contributed by atoms with Crippen LogP contribution in [0.5, 0.6) is 0 Å². The van der Waals surface area contributed by atoms with Crippen molar-refractivity contribution in [3.05, 3.63) is 35.4 Å². The maximum absolute atomic E-state index is 6.07. The molecule has 0 unspecified atom stereocenters. The molecule has 1 heterocycles. The molecule has 1 fully saturated rings. The SMILES string of the molecule is Cc1cccc(C2(N)COC2)c1. The van der Waals surface area contributed by atoms with Gasteiger partial charge >= 0.3 is 0 Å². The van der Waals surface area contributed by atoms with Crippen LogP contribution < -0.4 is 5.73 Å². The summed E-state index contributed by atoms with van der Waals surface area (Å²) in [5.74, 6) is 0. The van der Waals surface area contributed by atoms with Crippen molar-refractivity contribution in [1.82, 2.24) is 0 Å². The first-order chi connectivity index (χ1) is 5.71. The van der Waals surface area contributed by atoms with E-state index in [2.05, 4.69) is 25.1 Å². The van der Waals surface area contributed by atoms with E-state index in [4.69, 9.17) is 10.5 Å². The fourth-order valence-corrected chi connectivity index (χ4v) is 1.44. The van der Waals surface area contributed by atoms with Crippen molar-refractivity contribution in [2.45, 2.75) is 12.5 Å². The highest BCUT2D eigenvalue weighted by molar-refractivity contribution is 5.30.